The van der Waals surface area contributed by atoms with Crippen molar-refractivity contribution in [1.82, 2.24) is 9.97 Å². The number of rotatable bonds is 4. The largest absolute Gasteiger partial charge is 0.390 e. The van der Waals surface area contributed by atoms with Crippen molar-refractivity contribution in [2.75, 3.05) is 18.5 Å². The summed E-state index contributed by atoms with van der Waals surface area (Å²) < 4.78 is 0. The Morgan fingerprint density at radius 2 is 2.20 bits per heavy atom. The quantitative estimate of drug-likeness (QED) is 0.806. The molecule has 0 aliphatic heterocycles. The first-order valence-corrected chi connectivity index (χ1v) is 5.42. The lowest BCUT2D eigenvalue weighted by molar-refractivity contribution is 0.276. The number of hydrogen-bond donors (Lipinski definition) is 1. The monoisotopic (exact) mass is 207 g/mol. The number of hydrogen-bond acceptors (Lipinski definition) is 4. The third kappa shape index (κ3) is 2.45. The molecule has 0 unspecified atom stereocenters. The van der Waals surface area contributed by atoms with Gasteiger partial charge in [0.15, 0.2) is 0 Å². The SMILES string of the molecule is CN(CC1CCC1)c1cnc(CO)cn1. The molecule has 0 amide bonds. The molecule has 1 N–H and O–H groups in total. The molecule has 15 heavy (non-hydrogen) atoms. The average molecular weight is 207 g/mol. The molecule has 1 aromatic heterocycles. The van der Waals surface area contributed by atoms with E-state index >= 15 is 0 Å². The zero-order chi connectivity index (χ0) is 10.7. The Morgan fingerprint density at radius 1 is 1.40 bits per heavy atom. The predicted octanol–water partition coefficient (Wildman–Crippen LogP) is 1.21. The second-order valence-electron chi connectivity index (χ2n) is 4.20. The molecule has 1 fully saturated rings. The lowest BCUT2D eigenvalue weighted by Gasteiger charge is -2.30. The molecule has 1 saturated carbocycles. The highest BCUT2D eigenvalue weighted by molar-refractivity contribution is 5.34. The van der Waals surface area contributed by atoms with Crippen molar-refractivity contribution in [1.29, 1.82) is 0 Å². The standard InChI is InChI=1S/C11H17N3O/c1-14(7-9-3-2-4-9)11-6-12-10(8-15)5-13-11/h5-6,9,15H,2-4,7-8H2,1H3. The van der Waals surface area contributed by atoms with Crippen LogP contribution in [0.2, 0.25) is 0 Å². The van der Waals surface area contributed by atoms with Gasteiger partial charge >= 0.3 is 0 Å². The highest BCUT2D eigenvalue weighted by Crippen LogP contribution is 2.27. The summed E-state index contributed by atoms with van der Waals surface area (Å²) in [5, 5.41) is 8.84. The molecule has 4 heteroatoms. The van der Waals surface area contributed by atoms with Crippen LogP contribution in [-0.2, 0) is 6.61 Å². The maximum Gasteiger partial charge on any atom is 0.146 e. The van der Waals surface area contributed by atoms with Crippen LogP contribution < -0.4 is 4.90 Å². The fourth-order valence-electron chi connectivity index (χ4n) is 1.78. The Balaban J connectivity index is 1.94. The summed E-state index contributed by atoms with van der Waals surface area (Å²) >= 11 is 0. The van der Waals surface area contributed by atoms with Gasteiger partial charge in [0.25, 0.3) is 0 Å². The molecule has 0 radical (unpaired) electrons. The normalized spacial score (nSPS) is 16.1. The third-order valence-electron chi connectivity index (χ3n) is 3.00. The lowest BCUT2D eigenvalue weighted by atomic mass is 9.85. The summed E-state index contributed by atoms with van der Waals surface area (Å²) in [6.45, 7) is 1.02. The molecule has 4 nitrogen and oxygen atoms in total. The fraction of sp³-hybridized carbons (Fsp3) is 0.636. The Hall–Kier alpha value is -1.16. The number of nitrogens with zero attached hydrogens (tertiary/aromatic N) is 3. The predicted molar refractivity (Wildman–Crippen MR) is 58.6 cm³/mol. The zero-order valence-electron chi connectivity index (χ0n) is 9.06. The van der Waals surface area contributed by atoms with Crippen LogP contribution in [0.4, 0.5) is 5.82 Å². The minimum atomic E-state index is -0.0420. The smallest absolute Gasteiger partial charge is 0.146 e. The molecule has 1 heterocycles. The molecule has 0 atom stereocenters. The highest BCUT2D eigenvalue weighted by Gasteiger charge is 2.19. The molecule has 1 aliphatic carbocycles. The van der Waals surface area contributed by atoms with Crippen molar-refractivity contribution >= 4 is 5.82 Å². The minimum Gasteiger partial charge on any atom is -0.390 e. The van der Waals surface area contributed by atoms with Crippen molar-refractivity contribution in [2.45, 2.75) is 25.9 Å². The maximum absolute atomic E-state index is 8.84. The zero-order valence-corrected chi connectivity index (χ0v) is 9.06. The van der Waals surface area contributed by atoms with Gasteiger partial charge in [0.2, 0.25) is 0 Å². The van der Waals surface area contributed by atoms with Crippen molar-refractivity contribution in [2.24, 2.45) is 5.92 Å². The van der Waals surface area contributed by atoms with Gasteiger partial charge in [0, 0.05) is 13.6 Å². The molecule has 2 rings (SSSR count). The van der Waals surface area contributed by atoms with Crippen LogP contribution in [0.15, 0.2) is 12.4 Å². The van der Waals surface area contributed by atoms with Gasteiger partial charge in [-0.05, 0) is 18.8 Å². The van der Waals surface area contributed by atoms with Gasteiger partial charge in [-0.3, -0.25) is 4.98 Å². The van der Waals surface area contributed by atoms with Crippen LogP contribution in [0.5, 0.6) is 0 Å². The van der Waals surface area contributed by atoms with Crippen molar-refractivity contribution in [3.05, 3.63) is 18.1 Å². The minimum absolute atomic E-state index is 0.0420. The second-order valence-corrected chi connectivity index (χ2v) is 4.20. The van der Waals surface area contributed by atoms with Crippen LogP contribution in [0, 0.1) is 5.92 Å². The van der Waals surface area contributed by atoms with E-state index in [4.69, 9.17) is 5.11 Å². The van der Waals surface area contributed by atoms with Crippen LogP contribution in [0.25, 0.3) is 0 Å². The first kappa shape index (κ1) is 10.4. The van der Waals surface area contributed by atoms with Crippen molar-refractivity contribution in [3.63, 3.8) is 0 Å². The van der Waals surface area contributed by atoms with Crippen LogP contribution in [0.1, 0.15) is 25.0 Å². The van der Waals surface area contributed by atoms with E-state index < -0.39 is 0 Å². The van der Waals surface area contributed by atoms with Gasteiger partial charge in [0.1, 0.15) is 5.82 Å². The van der Waals surface area contributed by atoms with E-state index in [-0.39, 0.29) is 6.61 Å². The van der Waals surface area contributed by atoms with Crippen molar-refractivity contribution < 1.29 is 5.11 Å². The van der Waals surface area contributed by atoms with E-state index in [2.05, 4.69) is 14.9 Å². The molecule has 0 aromatic carbocycles. The first-order chi connectivity index (χ1) is 7.29. The van der Waals surface area contributed by atoms with E-state index in [0.717, 1.165) is 18.3 Å². The molecule has 0 saturated heterocycles. The number of aliphatic hydroxyl groups is 1. The molecule has 82 valence electrons. The average Bonchev–Trinajstić information content (AvgIpc) is 2.23. The van der Waals surface area contributed by atoms with Crippen LogP contribution >= 0.6 is 0 Å². The van der Waals surface area contributed by atoms with Gasteiger partial charge in [-0.15, -0.1) is 0 Å². The summed E-state index contributed by atoms with van der Waals surface area (Å²) in [6, 6.07) is 0. The summed E-state index contributed by atoms with van der Waals surface area (Å²) in [4.78, 5) is 10.5. The molecular weight excluding hydrogens is 190 g/mol. The van der Waals surface area contributed by atoms with Gasteiger partial charge in [0.05, 0.1) is 24.7 Å². The van der Waals surface area contributed by atoms with Crippen LogP contribution in [0.3, 0.4) is 0 Å². The third-order valence-corrected chi connectivity index (χ3v) is 3.00. The Labute approximate surface area is 90.0 Å². The van der Waals surface area contributed by atoms with E-state index in [0.29, 0.717) is 5.69 Å². The topological polar surface area (TPSA) is 49.2 Å². The molecule has 0 bridgehead atoms. The molecular formula is C11H17N3O. The Bertz CT molecular complexity index is 308. The van der Waals surface area contributed by atoms with Crippen LogP contribution in [-0.4, -0.2) is 28.7 Å². The molecule has 1 aliphatic rings. The maximum atomic E-state index is 8.84. The van der Waals surface area contributed by atoms with Crippen molar-refractivity contribution in [3.8, 4) is 0 Å². The fourth-order valence-corrected chi connectivity index (χ4v) is 1.78. The van der Waals surface area contributed by atoms with E-state index in [9.17, 15) is 0 Å². The molecule has 1 aromatic rings. The van der Waals surface area contributed by atoms with Gasteiger partial charge in [-0.25, -0.2) is 4.98 Å². The van der Waals surface area contributed by atoms with Gasteiger partial charge < -0.3 is 10.0 Å². The van der Waals surface area contributed by atoms with Gasteiger partial charge in [-0.2, -0.15) is 0 Å². The number of aliphatic hydroxyl groups excluding tert-OH is 1. The van der Waals surface area contributed by atoms with E-state index in [1.54, 1.807) is 12.4 Å². The number of anilines is 1. The second kappa shape index (κ2) is 4.57. The molecule has 0 spiro atoms. The Morgan fingerprint density at radius 3 is 2.67 bits per heavy atom. The summed E-state index contributed by atoms with van der Waals surface area (Å²) in [5.74, 6) is 1.72. The van der Waals surface area contributed by atoms with E-state index in [1.807, 2.05) is 7.05 Å². The first-order valence-electron chi connectivity index (χ1n) is 5.42. The summed E-state index contributed by atoms with van der Waals surface area (Å²) in [7, 11) is 2.04. The number of aromatic nitrogens is 2. The Kier molecular flexibility index (Phi) is 3.16. The summed E-state index contributed by atoms with van der Waals surface area (Å²) in [6.07, 6.45) is 7.41. The summed E-state index contributed by atoms with van der Waals surface area (Å²) in [5.41, 5.74) is 0.621. The van der Waals surface area contributed by atoms with E-state index in [1.165, 1.54) is 19.3 Å². The highest BCUT2D eigenvalue weighted by atomic mass is 16.3. The van der Waals surface area contributed by atoms with Gasteiger partial charge in [-0.1, -0.05) is 6.42 Å². The lowest BCUT2D eigenvalue weighted by Crippen LogP contribution is -2.29.